The van der Waals surface area contributed by atoms with Crippen molar-refractivity contribution in [2.24, 2.45) is 0 Å². The summed E-state index contributed by atoms with van der Waals surface area (Å²) in [5.41, 5.74) is 1.32. The second-order valence-electron chi connectivity index (χ2n) is 4.29. The zero-order valence-electron chi connectivity index (χ0n) is 11.5. The fourth-order valence-corrected chi connectivity index (χ4v) is 1.79. The Kier molecular flexibility index (Phi) is 4.65. The third-order valence-electron chi connectivity index (χ3n) is 2.83. The summed E-state index contributed by atoms with van der Waals surface area (Å²) in [7, 11) is 0. The molecule has 1 heterocycles. The van der Waals surface area contributed by atoms with Gasteiger partial charge in [0.2, 0.25) is 0 Å². The minimum atomic E-state index is -0.237. The molecule has 0 aliphatic heterocycles. The predicted octanol–water partition coefficient (Wildman–Crippen LogP) is 2.37. The number of hydrogen-bond donors (Lipinski definition) is 1. The van der Waals surface area contributed by atoms with Crippen LogP contribution in [0.3, 0.4) is 0 Å². The first-order valence-corrected chi connectivity index (χ1v) is 6.50. The zero-order chi connectivity index (χ0) is 14.4. The van der Waals surface area contributed by atoms with Gasteiger partial charge >= 0.3 is 0 Å². The highest BCUT2D eigenvalue weighted by Crippen LogP contribution is 2.17. The largest absolute Gasteiger partial charge is 0.494 e. The summed E-state index contributed by atoms with van der Waals surface area (Å²) < 4.78 is 5.39. The monoisotopic (exact) mass is 271 g/mol. The van der Waals surface area contributed by atoms with Crippen LogP contribution in [-0.2, 0) is 0 Å². The molecular weight excluding hydrogens is 254 g/mol. The molecule has 2 rings (SSSR count). The van der Waals surface area contributed by atoms with Gasteiger partial charge in [0.1, 0.15) is 11.4 Å². The van der Waals surface area contributed by atoms with Crippen molar-refractivity contribution in [3.05, 3.63) is 54.1 Å². The molecule has 1 unspecified atom stereocenters. The topological polar surface area (TPSA) is 64.1 Å². The van der Waals surface area contributed by atoms with Crippen LogP contribution in [0.25, 0.3) is 0 Å². The molecule has 0 saturated carbocycles. The Morgan fingerprint density at radius 1 is 1.30 bits per heavy atom. The summed E-state index contributed by atoms with van der Waals surface area (Å²) in [6.45, 7) is 4.50. The van der Waals surface area contributed by atoms with E-state index in [4.69, 9.17) is 4.74 Å². The maximum absolute atomic E-state index is 12.0. The van der Waals surface area contributed by atoms with Crippen LogP contribution in [-0.4, -0.2) is 22.5 Å². The third kappa shape index (κ3) is 3.54. The van der Waals surface area contributed by atoms with Crippen molar-refractivity contribution in [1.29, 1.82) is 0 Å². The second kappa shape index (κ2) is 6.65. The Labute approximate surface area is 118 Å². The number of benzene rings is 1. The molecule has 1 aromatic carbocycles. The Morgan fingerprint density at radius 3 is 2.65 bits per heavy atom. The van der Waals surface area contributed by atoms with Gasteiger partial charge in [-0.05, 0) is 31.5 Å². The van der Waals surface area contributed by atoms with E-state index >= 15 is 0 Å². The highest BCUT2D eigenvalue weighted by atomic mass is 16.5. The summed E-state index contributed by atoms with van der Waals surface area (Å²) in [6.07, 6.45) is 4.48. The summed E-state index contributed by atoms with van der Waals surface area (Å²) in [5, 5.41) is 2.88. The van der Waals surface area contributed by atoms with E-state index in [2.05, 4.69) is 15.3 Å². The van der Waals surface area contributed by atoms with Gasteiger partial charge in [-0.15, -0.1) is 0 Å². The van der Waals surface area contributed by atoms with Crippen molar-refractivity contribution >= 4 is 5.91 Å². The van der Waals surface area contributed by atoms with Crippen molar-refractivity contribution < 1.29 is 9.53 Å². The summed E-state index contributed by atoms with van der Waals surface area (Å²) >= 11 is 0. The van der Waals surface area contributed by atoms with E-state index < -0.39 is 0 Å². The SMILES string of the molecule is CCOc1ccc(C(C)NC(=O)c2cnccn2)cc1. The van der Waals surface area contributed by atoms with Gasteiger partial charge in [-0.1, -0.05) is 12.1 Å². The number of nitrogens with zero attached hydrogens (tertiary/aromatic N) is 2. The lowest BCUT2D eigenvalue weighted by atomic mass is 10.1. The second-order valence-corrected chi connectivity index (χ2v) is 4.29. The van der Waals surface area contributed by atoms with Crippen LogP contribution in [0.15, 0.2) is 42.9 Å². The van der Waals surface area contributed by atoms with E-state index in [-0.39, 0.29) is 11.9 Å². The normalized spacial score (nSPS) is 11.7. The third-order valence-corrected chi connectivity index (χ3v) is 2.83. The molecule has 20 heavy (non-hydrogen) atoms. The summed E-state index contributed by atoms with van der Waals surface area (Å²) in [4.78, 5) is 19.8. The highest BCUT2D eigenvalue weighted by molar-refractivity contribution is 5.92. The smallest absolute Gasteiger partial charge is 0.271 e. The van der Waals surface area contributed by atoms with Crippen LogP contribution in [0.1, 0.15) is 35.9 Å². The van der Waals surface area contributed by atoms with Crippen LogP contribution in [0.4, 0.5) is 0 Å². The van der Waals surface area contributed by atoms with Crippen LogP contribution in [0.2, 0.25) is 0 Å². The number of amides is 1. The van der Waals surface area contributed by atoms with Crippen LogP contribution < -0.4 is 10.1 Å². The molecule has 1 N–H and O–H groups in total. The molecule has 0 saturated heterocycles. The maximum Gasteiger partial charge on any atom is 0.271 e. The van der Waals surface area contributed by atoms with Gasteiger partial charge in [-0.2, -0.15) is 0 Å². The molecule has 1 atom stereocenters. The van der Waals surface area contributed by atoms with Crippen molar-refractivity contribution in [3.8, 4) is 5.75 Å². The van der Waals surface area contributed by atoms with E-state index in [1.165, 1.54) is 18.6 Å². The van der Waals surface area contributed by atoms with Crippen LogP contribution >= 0.6 is 0 Å². The van der Waals surface area contributed by atoms with Gasteiger partial charge in [-0.3, -0.25) is 9.78 Å². The average molecular weight is 271 g/mol. The van der Waals surface area contributed by atoms with Gasteiger partial charge in [0, 0.05) is 12.4 Å². The lowest BCUT2D eigenvalue weighted by Gasteiger charge is -2.14. The first-order chi connectivity index (χ1) is 9.70. The molecule has 0 bridgehead atoms. The zero-order valence-corrected chi connectivity index (χ0v) is 11.5. The molecular formula is C15H17N3O2. The minimum absolute atomic E-state index is 0.111. The Morgan fingerprint density at radius 2 is 2.05 bits per heavy atom. The molecule has 0 spiro atoms. The predicted molar refractivity (Wildman–Crippen MR) is 75.5 cm³/mol. The molecule has 0 radical (unpaired) electrons. The van der Waals surface area contributed by atoms with E-state index in [1.807, 2.05) is 38.1 Å². The molecule has 0 aliphatic rings. The first kappa shape index (κ1) is 14.0. The Bertz CT molecular complexity index is 555. The van der Waals surface area contributed by atoms with Crippen molar-refractivity contribution in [1.82, 2.24) is 15.3 Å². The number of nitrogens with one attached hydrogen (secondary N) is 1. The van der Waals surface area contributed by atoms with E-state index in [9.17, 15) is 4.79 Å². The number of carbonyl (C=O) groups is 1. The number of rotatable bonds is 5. The summed E-state index contributed by atoms with van der Waals surface area (Å²) in [5.74, 6) is 0.586. The van der Waals surface area contributed by atoms with Gasteiger partial charge in [0.15, 0.2) is 0 Å². The lowest BCUT2D eigenvalue weighted by Crippen LogP contribution is -2.27. The highest BCUT2D eigenvalue weighted by Gasteiger charge is 2.12. The van der Waals surface area contributed by atoms with Gasteiger partial charge in [0.25, 0.3) is 5.91 Å². The van der Waals surface area contributed by atoms with Crippen molar-refractivity contribution in [2.45, 2.75) is 19.9 Å². The van der Waals surface area contributed by atoms with Crippen molar-refractivity contribution in [3.63, 3.8) is 0 Å². The minimum Gasteiger partial charge on any atom is -0.494 e. The molecule has 104 valence electrons. The molecule has 2 aromatic rings. The molecule has 1 aromatic heterocycles. The molecule has 0 fully saturated rings. The van der Waals surface area contributed by atoms with Crippen LogP contribution in [0, 0.1) is 0 Å². The fourth-order valence-electron chi connectivity index (χ4n) is 1.79. The van der Waals surface area contributed by atoms with E-state index in [0.29, 0.717) is 12.3 Å². The lowest BCUT2D eigenvalue weighted by molar-refractivity contribution is 0.0934. The van der Waals surface area contributed by atoms with E-state index in [1.54, 1.807) is 0 Å². The van der Waals surface area contributed by atoms with E-state index in [0.717, 1.165) is 11.3 Å². The van der Waals surface area contributed by atoms with Gasteiger partial charge < -0.3 is 10.1 Å². The average Bonchev–Trinajstić information content (AvgIpc) is 2.49. The van der Waals surface area contributed by atoms with Gasteiger partial charge in [-0.25, -0.2) is 4.98 Å². The molecule has 5 heteroatoms. The number of aromatic nitrogens is 2. The maximum atomic E-state index is 12.0. The molecule has 0 aliphatic carbocycles. The fraction of sp³-hybridized carbons (Fsp3) is 0.267. The molecule has 5 nitrogen and oxygen atoms in total. The Hall–Kier alpha value is -2.43. The Balaban J connectivity index is 2.01. The van der Waals surface area contributed by atoms with Crippen LogP contribution in [0.5, 0.6) is 5.75 Å². The summed E-state index contributed by atoms with van der Waals surface area (Å²) in [6, 6.07) is 7.55. The number of hydrogen-bond acceptors (Lipinski definition) is 4. The standard InChI is InChI=1S/C15H17N3O2/c1-3-20-13-6-4-12(5-7-13)11(2)18-15(19)14-10-16-8-9-17-14/h4-11H,3H2,1-2H3,(H,18,19). The van der Waals surface area contributed by atoms with Gasteiger partial charge in [0.05, 0.1) is 18.8 Å². The quantitative estimate of drug-likeness (QED) is 0.906. The number of carbonyl (C=O) groups excluding carboxylic acids is 1. The van der Waals surface area contributed by atoms with Crippen molar-refractivity contribution in [2.75, 3.05) is 6.61 Å². The number of ether oxygens (including phenoxy) is 1. The molecule has 1 amide bonds. The first-order valence-electron chi connectivity index (χ1n) is 6.50.